The zero-order valence-electron chi connectivity index (χ0n) is 14.2. The molecule has 23 heavy (non-hydrogen) atoms. The van der Waals surface area contributed by atoms with Crippen LogP contribution in [0, 0.1) is 19.8 Å². The number of para-hydroxylation sites is 1. The van der Waals surface area contributed by atoms with Crippen molar-refractivity contribution in [1.29, 1.82) is 0 Å². The molecule has 0 aliphatic carbocycles. The summed E-state index contributed by atoms with van der Waals surface area (Å²) in [7, 11) is 1.99. The first-order chi connectivity index (χ1) is 10.1. The molecule has 132 valence electrons. The Morgan fingerprint density at radius 1 is 1.17 bits per heavy atom. The van der Waals surface area contributed by atoms with E-state index in [1.165, 1.54) is 11.1 Å². The molecule has 1 aliphatic heterocycles. The molecule has 1 amide bonds. The molecule has 4 nitrogen and oxygen atoms in total. The average molecular weight is 362 g/mol. The van der Waals surface area contributed by atoms with Gasteiger partial charge in [-0.05, 0) is 57.3 Å². The summed E-state index contributed by atoms with van der Waals surface area (Å²) in [5.41, 5.74) is 3.47. The van der Waals surface area contributed by atoms with Crippen molar-refractivity contribution >= 4 is 36.4 Å². The summed E-state index contributed by atoms with van der Waals surface area (Å²) in [6.07, 6.45) is 2.21. The van der Waals surface area contributed by atoms with Crippen LogP contribution in [0.5, 0.6) is 0 Å². The van der Waals surface area contributed by atoms with Gasteiger partial charge in [-0.25, -0.2) is 0 Å². The normalized spacial score (nSPS) is 14.7. The number of carbonyl (C=O) groups is 1. The van der Waals surface area contributed by atoms with E-state index in [1.807, 2.05) is 18.0 Å². The van der Waals surface area contributed by atoms with Gasteiger partial charge in [0.1, 0.15) is 0 Å². The Bertz CT molecular complexity index is 468. The number of aryl methyl sites for hydroxylation is 2. The fourth-order valence-corrected chi connectivity index (χ4v) is 3.04. The molecule has 0 bridgehead atoms. The number of anilines is 1. The number of nitrogens with zero attached hydrogens (tertiary/aromatic N) is 1. The number of piperidine rings is 1. The minimum absolute atomic E-state index is 0. The molecule has 1 aromatic rings. The van der Waals surface area contributed by atoms with Gasteiger partial charge >= 0.3 is 0 Å². The Balaban J connectivity index is 0.00000242. The number of nitrogens with one attached hydrogen (secondary N) is 2. The number of hydrogen-bond donors (Lipinski definition) is 2. The van der Waals surface area contributed by atoms with E-state index in [0.717, 1.165) is 38.2 Å². The summed E-state index contributed by atoms with van der Waals surface area (Å²) in [6, 6.07) is 6.19. The molecule has 0 atom stereocenters. The Morgan fingerprint density at radius 2 is 1.74 bits per heavy atom. The zero-order valence-corrected chi connectivity index (χ0v) is 15.9. The van der Waals surface area contributed by atoms with Crippen LogP contribution in [0.2, 0.25) is 0 Å². The summed E-state index contributed by atoms with van der Waals surface area (Å²) in [5, 5.41) is 6.54. The molecule has 1 aromatic carbocycles. The minimum atomic E-state index is 0. The molecule has 1 aliphatic rings. The van der Waals surface area contributed by atoms with Crippen LogP contribution in [-0.2, 0) is 4.79 Å². The van der Waals surface area contributed by atoms with E-state index >= 15 is 0 Å². The largest absolute Gasteiger partial charge is 0.376 e. The summed E-state index contributed by atoms with van der Waals surface area (Å²) in [5.74, 6) is 0.922. The van der Waals surface area contributed by atoms with E-state index in [4.69, 9.17) is 0 Å². The standard InChI is InChI=1S/C17H27N3O.2ClH/c1-13-5-4-6-14(2)17(13)19-12-16(21)20-9-7-15(8-10-20)11-18-3;;/h4-6,15,18-19H,7-12H2,1-3H3;2*1H. The molecule has 0 saturated carbocycles. The van der Waals surface area contributed by atoms with Gasteiger partial charge in [0.05, 0.1) is 6.54 Å². The van der Waals surface area contributed by atoms with Crippen molar-refractivity contribution in [3.8, 4) is 0 Å². The van der Waals surface area contributed by atoms with Crippen molar-refractivity contribution in [2.45, 2.75) is 26.7 Å². The van der Waals surface area contributed by atoms with Crippen molar-refractivity contribution in [3.63, 3.8) is 0 Å². The van der Waals surface area contributed by atoms with Crippen molar-refractivity contribution in [3.05, 3.63) is 29.3 Å². The predicted molar refractivity (Wildman–Crippen MR) is 102 cm³/mol. The molecule has 6 heteroatoms. The fraction of sp³-hybridized carbons (Fsp3) is 0.588. The molecule has 1 fully saturated rings. The van der Waals surface area contributed by atoms with Crippen LogP contribution >= 0.6 is 24.8 Å². The highest BCUT2D eigenvalue weighted by molar-refractivity contribution is 5.85. The number of rotatable bonds is 5. The van der Waals surface area contributed by atoms with Crippen LogP contribution < -0.4 is 10.6 Å². The van der Waals surface area contributed by atoms with Crippen molar-refractivity contribution in [2.75, 3.05) is 38.5 Å². The second-order valence-electron chi connectivity index (χ2n) is 6.00. The maximum Gasteiger partial charge on any atom is 0.241 e. The van der Waals surface area contributed by atoms with E-state index in [2.05, 4.69) is 36.6 Å². The summed E-state index contributed by atoms with van der Waals surface area (Å²) in [6.45, 7) is 7.37. The SMILES string of the molecule is CNCC1CCN(C(=O)CNc2c(C)cccc2C)CC1.Cl.Cl. The number of hydrogen-bond acceptors (Lipinski definition) is 3. The van der Waals surface area contributed by atoms with Gasteiger partial charge in [-0.15, -0.1) is 24.8 Å². The molecular formula is C17H29Cl2N3O. The predicted octanol–water partition coefficient (Wildman–Crippen LogP) is 3.02. The molecular weight excluding hydrogens is 333 g/mol. The topological polar surface area (TPSA) is 44.4 Å². The third-order valence-corrected chi connectivity index (χ3v) is 4.36. The summed E-state index contributed by atoms with van der Waals surface area (Å²) >= 11 is 0. The van der Waals surface area contributed by atoms with E-state index in [1.54, 1.807) is 0 Å². The molecule has 0 aromatic heterocycles. The first-order valence-electron chi connectivity index (χ1n) is 7.84. The second-order valence-corrected chi connectivity index (χ2v) is 6.00. The average Bonchev–Trinajstić information content (AvgIpc) is 2.47. The Kier molecular flexibility index (Phi) is 10.3. The lowest BCUT2D eigenvalue weighted by molar-refractivity contribution is -0.130. The van der Waals surface area contributed by atoms with Crippen molar-refractivity contribution in [2.24, 2.45) is 5.92 Å². The Morgan fingerprint density at radius 3 is 2.26 bits per heavy atom. The van der Waals surface area contributed by atoms with Gasteiger partial charge in [-0.3, -0.25) is 4.79 Å². The van der Waals surface area contributed by atoms with Gasteiger partial charge in [0.2, 0.25) is 5.91 Å². The minimum Gasteiger partial charge on any atom is -0.376 e. The van der Waals surface area contributed by atoms with Gasteiger partial charge < -0.3 is 15.5 Å². The van der Waals surface area contributed by atoms with Crippen LogP contribution in [0.15, 0.2) is 18.2 Å². The highest BCUT2D eigenvalue weighted by Crippen LogP contribution is 2.20. The maximum atomic E-state index is 12.3. The van der Waals surface area contributed by atoms with Gasteiger partial charge in [0.25, 0.3) is 0 Å². The number of carbonyl (C=O) groups excluding carboxylic acids is 1. The quantitative estimate of drug-likeness (QED) is 0.846. The molecule has 0 radical (unpaired) electrons. The van der Waals surface area contributed by atoms with E-state index in [9.17, 15) is 4.79 Å². The van der Waals surface area contributed by atoms with E-state index < -0.39 is 0 Å². The van der Waals surface area contributed by atoms with Gasteiger partial charge in [0.15, 0.2) is 0 Å². The number of benzene rings is 1. The lowest BCUT2D eigenvalue weighted by atomic mass is 9.97. The van der Waals surface area contributed by atoms with E-state index in [-0.39, 0.29) is 30.7 Å². The zero-order chi connectivity index (χ0) is 15.2. The first-order valence-corrected chi connectivity index (χ1v) is 7.84. The van der Waals surface area contributed by atoms with Crippen LogP contribution in [0.4, 0.5) is 5.69 Å². The molecule has 1 saturated heterocycles. The highest BCUT2D eigenvalue weighted by Gasteiger charge is 2.22. The first kappa shape index (κ1) is 22.0. The third-order valence-electron chi connectivity index (χ3n) is 4.36. The highest BCUT2D eigenvalue weighted by atomic mass is 35.5. The van der Waals surface area contributed by atoms with Crippen LogP contribution in [0.25, 0.3) is 0 Å². The molecule has 0 unspecified atom stereocenters. The lowest BCUT2D eigenvalue weighted by Crippen LogP contribution is -2.42. The fourth-order valence-electron chi connectivity index (χ4n) is 3.04. The molecule has 2 N–H and O–H groups in total. The van der Waals surface area contributed by atoms with Crippen LogP contribution in [-0.4, -0.2) is 44.0 Å². The van der Waals surface area contributed by atoms with Crippen molar-refractivity contribution in [1.82, 2.24) is 10.2 Å². The third kappa shape index (κ3) is 6.21. The monoisotopic (exact) mass is 361 g/mol. The Labute approximate surface area is 152 Å². The number of amides is 1. The Hall–Kier alpha value is -0.970. The number of likely N-dealkylation sites (tertiary alicyclic amines) is 1. The molecule has 2 rings (SSSR count). The summed E-state index contributed by atoms with van der Waals surface area (Å²) in [4.78, 5) is 14.3. The van der Waals surface area contributed by atoms with Gasteiger partial charge in [0, 0.05) is 18.8 Å². The maximum absolute atomic E-state index is 12.3. The van der Waals surface area contributed by atoms with Crippen LogP contribution in [0.3, 0.4) is 0 Å². The van der Waals surface area contributed by atoms with Gasteiger partial charge in [-0.1, -0.05) is 18.2 Å². The summed E-state index contributed by atoms with van der Waals surface area (Å²) < 4.78 is 0. The smallest absolute Gasteiger partial charge is 0.241 e. The van der Waals surface area contributed by atoms with Gasteiger partial charge in [-0.2, -0.15) is 0 Å². The van der Waals surface area contributed by atoms with E-state index in [0.29, 0.717) is 12.5 Å². The van der Waals surface area contributed by atoms with Crippen molar-refractivity contribution < 1.29 is 4.79 Å². The molecule has 0 spiro atoms. The lowest BCUT2D eigenvalue weighted by Gasteiger charge is -2.32. The second kappa shape index (κ2) is 10.7. The van der Waals surface area contributed by atoms with Crippen LogP contribution in [0.1, 0.15) is 24.0 Å². The number of halogens is 2. The molecule has 1 heterocycles.